The lowest BCUT2D eigenvalue weighted by atomic mass is 10.0. The van der Waals surface area contributed by atoms with Crippen molar-refractivity contribution in [1.29, 1.82) is 5.41 Å². The zero-order valence-corrected chi connectivity index (χ0v) is 21.8. The first-order valence-corrected chi connectivity index (χ1v) is 12.8. The fourth-order valence-corrected chi connectivity index (χ4v) is 4.65. The lowest BCUT2D eigenvalue weighted by Gasteiger charge is -2.02. The number of thiophene rings is 1. The van der Waals surface area contributed by atoms with Gasteiger partial charge in [0.25, 0.3) is 0 Å². The van der Waals surface area contributed by atoms with Gasteiger partial charge in [0, 0.05) is 32.3 Å². The molecule has 0 saturated carbocycles. The lowest BCUT2D eigenvalue weighted by molar-refractivity contribution is 0.618. The van der Waals surface area contributed by atoms with Crippen molar-refractivity contribution < 1.29 is 4.39 Å². The van der Waals surface area contributed by atoms with Gasteiger partial charge in [-0.25, -0.2) is 4.39 Å². The first-order valence-electron chi connectivity index (χ1n) is 12.0. The Labute approximate surface area is 208 Å². The van der Waals surface area contributed by atoms with Crippen LogP contribution in [0.25, 0.3) is 27.8 Å². The number of hydrogen-bond acceptors (Lipinski definition) is 2. The Morgan fingerprint density at radius 3 is 2.38 bits per heavy atom. The van der Waals surface area contributed by atoms with Gasteiger partial charge in [-0.15, -0.1) is 17.1 Å². The summed E-state index contributed by atoms with van der Waals surface area (Å²) < 4.78 is 14.9. The number of allylic oxidation sites excluding steroid dienone is 4. The summed E-state index contributed by atoms with van der Waals surface area (Å²) in [6.07, 6.45) is 14.0. The molecule has 178 valence electrons. The van der Waals surface area contributed by atoms with Crippen molar-refractivity contribution in [2.45, 2.75) is 53.9 Å². The van der Waals surface area contributed by atoms with Crippen molar-refractivity contribution in [2.24, 2.45) is 5.92 Å². The van der Waals surface area contributed by atoms with Crippen LogP contribution in [0.4, 0.5) is 4.39 Å². The molecule has 0 saturated heterocycles. The predicted molar refractivity (Wildman–Crippen MR) is 151 cm³/mol. The van der Waals surface area contributed by atoms with Gasteiger partial charge in [-0.1, -0.05) is 83.0 Å². The van der Waals surface area contributed by atoms with Gasteiger partial charge in [0.1, 0.15) is 5.82 Å². The Hall–Kier alpha value is -3.00. The average molecular weight is 474 g/mol. The molecular formula is C31H36FNS. The minimum Gasteiger partial charge on any atom is -0.309 e. The Bertz CT molecular complexity index is 1190. The molecule has 0 spiro atoms. The number of unbranched alkanes of at least 4 members (excludes halogenated alkanes) is 1. The third kappa shape index (κ3) is 7.80. The van der Waals surface area contributed by atoms with Crippen LogP contribution in [-0.4, -0.2) is 6.21 Å². The standard InChI is InChI=1S/C15H10FNS.C12H16.C4H10/c16-13-8-7-11-10-5-3-6-14(10)18-15(11)12(13)4-1-2-9-17;1-10(2)9-11(3)12-7-5-4-6-8-12;1-3-4-2/h1-2,5-9,17H,4H2;4-10H,1-3H3;3-4H2,1-2H3/b2-1-,17-9?;11-9+;. The van der Waals surface area contributed by atoms with Crippen molar-refractivity contribution >= 4 is 45.4 Å². The molecule has 1 aliphatic carbocycles. The SMILES string of the molecule is C/C(=C\C(C)C)c1ccccc1.CCCC.N=C/C=C\Cc1c(F)ccc2c3c(sc12)C=C=C3. The number of nitrogens with one attached hydrogen (secondary N) is 1. The quantitative estimate of drug-likeness (QED) is 0.213. The molecule has 1 heterocycles. The van der Waals surface area contributed by atoms with Gasteiger partial charge in [0.2, 0.25) is 0 Å². The van der Waals surface area contributed by atoms with E-state index in [0.717, 1.165) is 20.5 Å². The van der Waals surface area contributed by atoms with Gasteiger partial charge in [-0.3, -0.25) is 0 Å². The average Bonchev–Trinajstić information content (AvgIpc) is 3.43. The molecule has 34 heavy (non-hydrogen) atoms. The highest BCUT2D eigenvalue weighted by Crippen LogP contribution is 2.38. The summed E-state index contributed by atoms with van der Waals surface area (Å²) in [4.78, 5) is 1.15. The fraction of sp³-hybridized carbons (Fsp3) is 0.290. The maximum absolute atomic E-state index is 13.9. The van der Waals surface area contributed by atoms with E-state index in [2.05, 4.69) is 70.7 Å². The molecular weight excluding hydrogens is 437 g/mol. The first kappa shape index (κ1) is 27.2. The zero-order chi connectivity index (χ0) is 24.9. The fourth-order valence-electron chi connectivity index (χ4n) is 3.43. The van der Waals surface area contributed by atoms with E-state index in [0.29, 0.717) is 17.9 Å². The van der Waals surface area contributed by atoms with Crippen molar-refractivity contribution in [3.05, 3.63) is 93.8 Å². The van der Waals surface area contributed by atoms with Gasteiger partial charge in [-0.2, -0.15) is 0 Å². The molecule has 4 rings (SSSR count). The monoisotopic (exact) mass is 473 g/mol. The van der Waals surface area contributed by atoms with Crippen LogP contribution >= 0.6 is 11.3 Å². The number of fused-ring (bicyclic) bond motifs is 3. The molecule has 0 unspecified atom stereocenters. The largest absolute Gasteiger partial charge is 0.309 e. The van der Waals surface area contributed by atoms with Gasteiger partial charge in [-0.05, 0) is 60.8 Å². The third-order valence-corrected chi connectivity index (χ3v) is 6.51. The molecule has 0 bridgehead atoms. The molecule has 0 amide bonds. The molecule has 2 aromatic carbocycles. The minimum absolute atomic E-state index is 0.176. The van der Waals surface area contributed by atoms with E-state index in [4.69, 9.17) is 5.41 Å². The number of rotatable bonds is 6. The molecule has 0 fully saturated rings. The summed E-state index contributed by atoms with van der Waals surface area (Å²) in [5.74, 6) is 0.454. The van der Waals surface area contributed by atoms with Crippen LogP contribution in [0.15, 0.2) is 66.4 Å². The summed E-state index contributed by atoms with van der Waals surface area (Å²) in [5.41, 5.74) is 7.62. The van der Waals surface area contributed by atoms with Crippen LogP contribution in [0.2, 0.25) is 0 Å². The van der Waals surface area contributed by atoms with Gasteiger partial charge >= 0.3 is 0 Å². The van der Waals surface area contributed by atoms with Crippen LogP contribution in [-0.2, 0) is 6.42 Å². The summed E-state index contributed by atoms with van der Waals surface area (Å²) in [6.45, 7) is 10.9. The summed E-state index contributed by atoms with van der Waals surface area (Å²) in [7, 11) is 0. The lowest BCUT2D eigenvalue weighted by Crippen LogP contribution is -1.88. The molecule has 3 aromatic rings. The maximum atomic E-state index is 13.9. The maximum Gasteiger partial charge on any atom is 0.128 e. The van der Waals surface area contributed by atoms with E-state index in [-0.39, 0.29) is 5.82 Å². The number of halogens is 1. The molecule has 1 nitrogen and oxygen atoms in total. The normalized spacial score (nSPS) is 11.9. The van der Waals surface area contributed by atoms with Crippen molar-refractivity contribution in [3.63, 3.8) is 0 Å². The highest BCUT2D eigenvalue weighted by Gasteiger charge is 2.15. The Morgan fingerprint density at radius 1 is 1.06 bits per heavy atom. The summed E-state index contributed by atoms with van der Waals surface area (Å²) in [6, 6.07) is 13.9. The van der Waals surface area contributed by atoms with E-state index in [1.165, 1.54) is 36.3 Å². The van der Waals surface area contributed by atoms with Crippen molar-refractivity contribution in [1.82, 2.24) is 0 Å². The summed E-state index contributed by atoms with van der Waals surface area (Å²) >= 11 is 1.60. The molecule has 0 atom stereocenters. The van der Waals surface area contributed by atoms with Gasteiger partial charge < -0.3 is 5.41 Å². The van der Waals surface area contributed by atoms with E-state index in [1.807, 2.05) is 24.3 Å². The van der Waals surface area contributed by atoms with E-state index in [1.54, 1.807) is 23.5 Å². The predicted octanol–water partition coefficient (Wildman–Crippen LogP) is 9.98. The van der Waals surface area contributed by atoms with Crippen molar-refractivity contribution in [3.8, 4) is 0 Å². The number of hydrogen-bond donors (Lipinski definition) is 1. The highest BCUT2D eigenvalue weighted by atomic mass is 32.1. The Balaban J connectivity index is 0.000000221. The minimum atomic E-state index is -0.176. The van der Waals surface area contributed by atoms with E-state index < -0.39 is 0 Å². The van der Waals surface area contributed by atoms with Crippen molar-refractivity contribution in [2.75, 3.05) is 0 Å². The topological polar surface area (TPSA) is 23.9 Å². The first-order chi connectivity index (χ1) is 16.4. The molecule has 3 heteroatoms. The molecule has 0 aliphatic heterocycles. The van der Waals surface area contributed by atoms with Crippen LogP contribution in [0.5, 0.6) is 0 Å². The van der Waals surface area contributed by atoms with Gasteiger partial charge in [0.15, 0.2) is 0 Å². The second-order valence-corrected chi connectivity index (χ2v) is 9.55. The summed E-state index contributed by atoms with van der Waals surface area (Å²) in [5, 5.41) is 8.03. The molecule has 1 N–H and O–H groups in total. The second-order valence-electron chi connectivity index (χ2n) is 8.50. The van der Waals surface area contributed by atoms with Crippen LogP contribution < -0.4 is 0 Å². The molecule has 1 aliphatic rings. The van der Waals surface area contributed by atoms with E-state index in [9.17, 15) is 4.39 Å². The van der Waals surface area contributed by atoms with Gasteiger partial charge in [0.05, 0.1) is 0 Å². The highest BCUT2D eigenvalue weighted by molar-refractivity contribution is 7.20. The molecule has 0 radical (unpaired) electrons. The third-order valence-electron chi connectivity index (χ3n) is 5.28. The second kappa shape index (κ2) is 14.3. The smallest absolute Gasteiger partial charge is 0.128 e. The number of benzene rings is 2. The Kier molecular flexibility index (Phi) is 11.5. The Morgan fingerprint density at radius 2 is 1.76 bits per heavy atom. The van der Waals surface area contributed by atoms with Crippen LogP contribution in [0.1, 0.15) is 69.0 Å². The van der Waals surface area contributed by atoms with Crippen LogP contribution in [0.3, 0.4) is 0 Å². The zero-order valence-electron chi connectivity index (χ0n) is 21.0. The van der Waals surface area contributed by atoms with E-state index >= 15 is 0 Å². The molecule has 1 aromatic heterocycles. The van der Waals surface area contributed by atoms with Crippen LogP contribution in [0, 0.1) is 17.1 Å².